The number of carbonyl (C=O) groups is 2. The van der Waals surface area contributed by atoms with Gasteiger partial charge in [0.1, 0.15) is 11.9 Å². The number of aryl methyl sites for hydroxylation is 1. The highest BCUT2D eigenvalue weighted by Crippen LogP contribution is 2.26. The van der Waals surface area contributed by atoms with E-state index in [1.165, 1.54) is 5.56 Å². The summed E-state index contributed by atoms with van der Waals surface area (Å²) < 4.78 is 28.4. The first-order chi connectivity index (χ1) is 24.3. The van der Waals surface area contributed by atoms with Gasteiger partial charge in [-0.25, -0.2) is 18.1 Å². The Morgan fingerprint density at radius 1 is 0.882 bits per heavy atom. The number of hydrogen-bond donors (Lipinski definition) is 5. The van der Waals surface area contributed by atoms with Crippen molar-refractivity contribution in [3.63, 3.8) is 0 Å². The van der Waals surface area contributed by atoms with Gasteiger partial charge >= 0.3 is 0 Å². The normalized spacial score (nSPS) is 17.2. The van der Waals surface area contributed by atoms with Crippen molar-refractivity contribution in [2.45, 2.75) is 63.6 Å². The van der Waals surface area contributed by atoms with E-state index in [9.17, 15) is 18.0 Å². The van der Waals surface area contributed by atoms with Gasteiger partial charge in [0.15, 0.2) is 0 Å². The maximum absolute atomic E-state index is 12.9. The average Bonchev–Trinajstić information content (AvgIpc) is 3.08. The number of hydrogen-bond acceptors (Lipinski definition) is 11. The minimum Gasteiger partial charge on any atom is -0.374 e. The number of imide groups is 1. The van der Waals surface area contributed by atoms with E-state index in [2.05, 4.69) is 70.0 Å². The Bertz CT molecular complexity index is 1970. The summed E-state index contributed by atoms with van der Waals surface area (Å²) >= 11 is 0. The molecule has 14 heteroatoms. The maximum atomic E-state index is 12.9. The lowest BCUT2D eigenvalue weighted by Gasteiger charge is -2.36. The molecule has 1 atom stereocenters. The van der Waals surface area contributed by atoms with Crippen LogP contribution in [0.25, 0.3) is 0 Å². The molecule has 4 aromatic rings. The Hall–Kier alpha value is -5.05. The quantitative estimate of drug-likeness (QED) is 0.135. The number of carbonyl (C=O) groups excluding carboxylic acids is 2. The fraction of sp³-hybridized carbons (Fsp3) is 0.351. The molecule has 2 amide bonds. The summed E-state index contributed by atoms with van der Waals surface area (Å²) in [5.74, 6) is 0.502. The lowest BCUT2D eigenvalue weighted by atomic mass is 10.1. The van der Waals surface area contributed by atoms with Crippen molar-refractivity contribution in [3.8, 4) is 0 Å². The molecular weight excluding hydrogens is 667 g/mol. The van der Waals surface area contributed by atoms with E-state index < -0.39 is 15.6 Å². The predicted octanol–water partition coefficient (Wildman–Crippen LogP) is 4.89. The number of sulfonamides is 1. The molecule has 51 heavy (non-hydrogen) atoms. The van der Waals surface area contributed by atoms with E-state index >= 15 is 0 Å². The fourth-order valence-electron chi connectivity index (χ4n) is 6.01. The van der Waals surface area contributed by atoms with Crippen LogP contribution < -0.4 is 30.9 Å². The highest BCUT2D eigenvalue weighted by Gasteiger charge is 2.26. The second kappa shape index (κ2) is 15.1. The summed E-state index contributed by atoms with van der Waals surface area (Å²) in [7, 11) is -3.69. The van der Waals surface area contributed by atoms with Crippen molar-refractivity contribution in [1.29, 1.82) is 0 Å². The van der Waals surface area contributed by atoms with Crippen LogP contribution in [-0.4, -0.2) is 72.9 Å². The van der Waals surface area contributed by atoms with Crippen molar-refractivity contribution in [1.82, 2.24) is 24.9 Å². The Morgan fingerprint density at radius 2 is 1.59 bits per heavy atom. The number of anilines is 6. The molecule has 2 aliphatic heterocycles. The van der Waals surface area contributed by atoms with E-state index in [1.807, 2.05) is 31.2 Å². The number of amides is 2. The summed E-state index contributed by atoms with van der Waals surface area (Å²) in [5.41, 5.74) is 4.88. The Labute approximate surface area is 299 Å². The van der Waals surface area contributed by atoms with Crippen LogP contribution in [-0.2, 0) is 26.2 Å². The lowest BCUT2D eigenvalue weighted by Crippen LogP contribution is -2.47. The zero-order valence-electron chi connectivity index (χ0n) is 29.4. The summed E-state index contributed by atoms with van der Waals surface area (Å²) in [6.07, 6.45) is 2.57. The monoisotopic (exact) mass is 711 g/mol. The second-order valence-electron chi connectivity index (χ2n) is 14.0. The first-order valence-corrected chi connectivity index (χ1v) is 18.6. The van der Waals surface area contributed by atoms with Crippen LogP contribution in [0.3, 0.4) is 0 Å². The molecule has 268 valence electrons. The first kappa shape index (κ1) is 35.8. The molecule has 6 rings (SSSR count). The Balaban J connectivity index is 0.998. The van der Waals surface area contributed by atoms with Crippen LogP contribution in [0.1, 0.15) is 44.7 Å². The summed E-state index contributed by atoms with van der Waals surface area (Å²) in [6.45, 7) is 11.8. The van der Waals surface area contributed by atoms with Crippen molar-refractivity contribution in [3.05, 3.63) is 90.1 Å². The van der Waals surface area contributed by atoms with Gasteiger partial charge in [0, 0.05) is 79.2 Å². The van der Waals surface area contributed by atoms with Crippen molar-refractivity contribution < 1.29 is 18.0 Å². The molecule has 0 bridgehead atoms. The molecule has 0 saturated carbocycles. The predicted molar refractivity (Wildman–Crippen MR) is 200 cm³/mol. The second-order valence-corrected chi connectivity index (χ2v) is 15.7. The van der Waals surface area contributed by atoms with Crippen LogP contribution in [0, 0.1) is 6.92 Å². The molecule has 2 saturated heterocycles. The number of nitrogens with one attached hydrogen (secondary N) is 5. The molecule has 13 nitrogen and oxygen atoms in total. The summed E-state index contributed by atoms with van der Waals surface area (Å²) in [4.78, 5) is 37.6. The highest BCUT2D eigenvalue weighted by molar-refractivity contribution is 7.89. The molecule has 0 radical (unpaired) electrons. The van der Waals surface area contributed by atoms with Crippen molar-refractivity contribution in [2.24, 2.45) is 0 Å². The zero-order valence-corrected chi connectivity index (χ0v) is 30.2. The molecular formula is C37H45N9O4S. The minimum absolute atomic E-state index is 0.168. The van der Waals surface area contributed by atoms with Gasteiger partial charge in [-0.3, -0.25) is 19.8 Å². The number of aromatic nitrogens is 2. The Morgan fingerprint density at radius 3 is 2.27 bits per heavy atom. The van der Waals surface area contributed by atoms with Gasteiger partial charge in [0.25, 0.3) is 0 Å². The van der Waals surface area contributed by atoms with Crippen LogP contribution in [0.5, 0.6) is 0 Å². The third-order valence-corrected chi connectivity index (χ3v) is 10.4. The number of nitrogens with zero attached hydrogens (tertiary/aromatic N) is 4. The van der Waals surface area contributed by atoms with Crippen LogP contribution in [0.2, 0.25) is 0 Å². The number of piperidine rings is 1. The number of rotatable bonds is 11. The summed E-state index contributed by atoms with van der Waals surface area (Å²) in [6, 6.07) is 22.6. The largest absolute Gasteiger partial charge is 0.374 e. The third-order valence-electron chi connectivity index (χ3n) is 8.62. The lowest BCUT2D eigenvalue weighted by molar-refractivity contribution is -0.133. The number of piperazine rings is 1. The molecule has 0 aliphatic carbocycles. The molecule has 2 fully saturated rings. The maximum Gasteiger partial charge on any atom is 0.249 e. The summed E-state index contributed by atoms with van der Waals surface area (Å²) in [5, 5.41) is 12.1. The first-order valence-electron chi connectivity index (χ1n) is 17.1. The Kier molecular flexibility index (Phi) is 10.6. The van der Waals surface area contributed by atoms with Gasteiger partial charge in [-0.1, -0.05) is 18.2 Å². The highest BCUT2D eigenvalue weighted by atomic mass is 32.2. The fourth-order valence-corrected chi connectivity index (χ4v) is 7.48. The SMILES string of the molecule is Cc1cnc(Nc2ccc(N3CCN(Cc4ccc(NC5CCC(=O)NC5=O)cc4)CC3)cc2)nc1Nc1cccc(S(=O)(=O)NC(C)(C)C)c1. The standard InChI is InChI=1S/C37H45N9O4S/c1-25-23-38-36(43-34(25)40-29-6-5-7-31(22-29)51(49,50)44-37(2,3)4)41-28-12-14-30(15-13-28)46-20-18-45(19-21-46)24-26-8-10-27(11-9-26)39-32-16-17-33(47)42-35(32)48/h5-15,22-23,32,39,44H,16-21,24H2,1-4H3,(H,42,47,48)(H2,38,40,41,43). The molecule has 1 aromatic heterocycles. The topological polar surface area (TPSA) is 161 Å². The van der Waals surface area contributed by atoms with Gasteiger partial charge in [-0.15, -0.1) is 0 Å². The third kappa shape index (κ3) is 9.60. The number of benzene rings is 3. The van der Waals surface area contributed by atoms with E-state index in [0.29, 0.717) is 30.3 Å². The zero-order chi connectivity index (χ0) is 36.2. The van der Waals surface area contributed by atoms with E-state index in [4.69, 9.17) is 0 Å². The van der Waals surface area contributed by atoms with Crippen LogP contribution >= 0.6 is 0 Å². The smallest absolute Gasteiger partial charge is 0.249 e. The molecule has 0 spiro atoms. The van der Waals surface area contributed by atoms with Gasteiger partial charge < -0.3 is 20.9 Å². The van der Waals surface area contributed by atoms with E-state index in [1.54, 1.807) is 51.2 Å². The average molecular weight is 712 g/mol. The van der Waals surface area contributed by atoms with Crippen molar-refractivity contribution >= 4 is 56.4 Å². The van der Waals surface area contributed by atoms with Crippen molar-refractivity contribution in [2.75, 3.05) is 47.0 Å². The van der Waals surface area contributed by atoms with Gasteiger partial charge in [-0.05, 0) is 94.3 Å². The molecule has 2 aliphatic rings. The minimum atomic E-state index is -3.69. The van der Waals surface area contributed by atoms with E-state index in [-0.39, 0.29) is 22.8 Å². The molecule has 3 heterocycles. The van der Waals surface area contributed by atoms with Crippen LogP contribution in [0.4, 0.5) is 34.5 Å². The molecule has 1 unspecified atom stereocenters. The van der Waals surface area contributed by atoms with Crippen LogP contribution in [0.15, 0.2) is 83.9 Å². The van der Waals surface area contributed by atoms with Gasteiger partial charge in [0.05, 0.1) is 4.90 Å². The molecule has 5 N–H and O–H groups in total. The molecule has 3 aromatic carbocycles. The van der Waals surface area contributed by atoms with Gasteiger partial charge in [-0.2, -0.15) is 4.98 Å². The van der Waals surface area contributed by atoms with E-state index in [0.717, 1.165) is 55.3 Å². The van der Waals surface area contributed by atoms with Gasteiger partial charge in [0.2, 0.25) is 27.8 Å².